The first-order valence-electron chi connectivity index (χ1n) is 11.2. The number of nitrogens with zero attached hydrogens (tertiary/aromatic N) is 2. The molecule has 4 rings (SSSR count). The van der Waals surface area contributed by atoms with E-state index in [1.807, 2.05) is 0 Å². The Morgan fingerprint density at radius 3 is 2.48 bits per heavy atom. The van der Waals surface area contributed by atoms with Crippen LogP contribution in [0.25, 0.3) is 0 Å². The first kappa shape index (κ1) is 22.6. The summed E-state index contributed by atoms with van der Waals surface area (Å²) in [5.41, 5.74) is 2.55. The van der Waals surface area contributed by atoms with E-state index >= 15 is 0 Å². The van der Waals surface area contributed by atoms with Gasteiger partial charge in [0.25, 0.3) is 0 Å². The summed E-state index contributed by atoms with van der Waals surface area (Å²) in [6.45, 7) is 7.24. The molecule has 2 aliphatic rings. The van der Waals surface area contributed by atoms with Crippen LogP contribution < -0.4 is 9.62 Å². The van der Waals surface area contributed by atoms with Gasteiger partial charge in [-0.2, -0.15) is 0 Å². The first-order valence-corrected chi connectivity index (χ1v) is 13.0. The highest BCUT2D eigenvalue weighted by Crippen LogP contribution is 2.29. The highest BCUT2D eigenvalue weighted by Gasteiger charge is 2.36. The number of piperazine rings is 1. The van der Waals surface area contributed by atoms with Crippen LogP contribution in [0.15, 0.2) is 53.4 Å². The third kappa shape index (κ3) is 5.25. The van der Waals surface area contributed by atoms with E-state index in [9.17, 15) is 8.42 Å². The van der Waals surface area contributed by atoms with E-state index in [1.165, 1.54) is 11.3 Å². The van der Waals surface area contributed by atoms with E-state index in [4.69, 9.17) is 11.6 Å². The molecule has 7 heteroatoms. The fourth-order valence-electron chi connectivity index (χ4n) is 5.04. The number of anilines is 1. The van der Waals surface area contributed by atoms with Crippen molar-refractivity contribution in [1.82, 2.24) is 9.62 Å². The minimum absolute atomic E-state index is 0.0628. The average molecular weight is 462 g/mol. The van der Waals surface area contributed by atoms with E-state index in [0.29, 0.717) is 11.1 Å². The van der Waals surface area contributed by atoms with Gasteiger partial charge in [0.15, 0.2) is 0 Å². The summed E-state index contributed by atoms with van der Waals surface area (Å²) in [5, 5.41) is 0.537. The Bertz CT molecular complexity index is 996. The van der Waals surface area contributed by atoms with Crippen LogP contribution in [0.2, 0.25) is 5.02 Å². The molecule has 1 N–H and O–H groups in total. The predicted octanol–water partition coefficient (Wildman–Crippen LogP) is 4.45. The Kier molecular flexibility index (Phi) is 6.92. The molecule has 1 saturated carbocycles. The van der Waals surface area contributed by atoms with Crippen LogP contribution in [-0.4, -0.2) is 51.1 Å². The van der Waals surface area contributed by atoms with E-state index < -0.39 is 10.0 Å². The second-order valence-electron chi connectivity index (χ2n) is 8.91. The highest BCUT2D eigenvalue weighted by atomic mass is 35.5. The van der Waals surface area contributed by atoms with Gasteiger partial charge in [-0.3, -0.25) is 4.90 Å². The van der Waals surface area contributed by atoms with Gasteiger partial charge in [-0.25, -0.2) is 13.1 Å². The molecule has 1 saturated heterocycles. The number of hydrogen-bond donors (Lipinski definition) is 1. The molecular weight excluding hydrogens is 430 g/mol. The molecule has 0 unspecified atom stereocenters. The Labute approximate surface area is 191 Å². The Hall–Kier alpha value is -1.60. The SMILES string of the molecule is Cc1cccc(N2CCN([C@@H]3CCCC[C@@H]3NS(=O)(=O)c3ccc(Cl)cc3)C[C@@H]2C)c1. The predicted molar refractivity (Wildman–Crippen MR) is 127 cm³/mol. The van der Waals surface area contributed by atoms with Crippen LogP contribution >= 0.6 is 11.6 Å². The van der Waals surface area contributed by atoms with Crippen LogP contribution in [0.1, 0.15) is 38.2 Å². The molecule has 3 atom stereocenters. The highest BCUT2D eigenvalue weighted by molar-refractivity contribution is 7.89. The summed E-state index contributed by atoms with van der Waals surface area (Å²) in [4.78, 5) is 5.25. The molecule has 2 aromatic carbocycles. The summed E-state index contributed by atoms with van der Waals surface area (Å²) in [7, 11) is -3.57. The van der Waals surface area contributed by atoms with Crippen molar-refractivity contribution in [3.8, 4) is 0 Å². The third-order valence-electron chi connectivity index (χ3n) is 6.62. The summed E-state index contributed by atoms with van der Waals surface area (Å²) >= 11 is 5.93. The summed E-state index contributed by atoms with van der Waals surface area (Å²) in [6, 6.07) is 15.6. The van der Waals surface area contributed by atoms with Crippen molar-refractivity contribution in [1.29, 1.82) is 0 Å². The molecule has 0 bridgehead atoms. The second-order valence-corrected chi connectivity index (χ2v) is 11.1. The maximum absolute atomic E-state index is 13.0. The molecule has 1 aliphatic carbocycles. The van der Waals surface area contributed by atoms with E-state index in [0.717, 1.165) is 45.3 Å². The monoisotopic (exact) mass is 461 g/mol. The molecule has 31 heavy (non-hydrogen) atoms. The van der Waals surface area contributed by atoms with Gasteiger partial charge in [-0.1, -0.05) is 36.6 Å². The minimum Gasteiger partial charge on any atom is -0.366 e. The van der Waals surface area contributed by atoms with Crippen LogP contribution in [-0.2, 0) is 10.0 Å². The molecule has 5 nitrogen and oxygen atoms in total. The smallest absolute Gasteiger partial charge is 0.240 e. The van der Waals surface area contributed by atoms with Crippen molar-refractivity contribution < 1.29 is 8.42 Å². The van der Waals surface area contributed by atoms with Crippen molar-refractivity contribution in [2.75, 3.05) is 24.5 Å². The van der Waals surface area contributed by atoms with Crippen molar-refractivity contribution in [3.05, 3.63) is 59.1 Å². The van der Waals surface area contributed by atoms with Gasteiger partial charge in [0.1, 0.15) is 0 Å². The average Bonchev–Trinajstić information content (AvgIpc) is 2.74. The Morgan fingerprint density at radius 1 is 1.03 bits per heavy atom. The van der Waals surface area contributed by atoms with E-state index in [-0.39, 0.29) is 17.0 Å². The van der Waals surface area contributed by atoms with Crippen LogP contribution in [0.5, 0.6) is 0 Å². The summed E-state index contributed by atoms with van der Waals surface area (Å²) in [5.74, 6) is 0. The molecule has 1 heterocycles. The molecule has 0 radical (unpaired) electrons. The van der Waals surface area contributed by atoms with Gasteiger partial charge in [-0.05, 0) is 68.7 Å². The third-order valence-corrected chi connectivity index (χ3v) is 8.38. The Balaban J connectivity index is 1.46. The van der Waals surface area contributed by atoms with Crippen LogP contribution in [0.4, 0.5) is 5.69 Å². The van der Waals surface area contributed by atoms with Crippen LogP contribution in [0, 0.1) is 6.92 Å². The molecule has 0 amide bonds. The molecule has 0 aromatic heterocycles. The van der Waals surface area contributed by atoms with Gasteiger partial charge in [-0.15, -0.1) is 0 Å². The molecular formula is C24H32ClN3O2S. The van der Waals surface area contributed by atoms with Crippen molar-refractivity contribution in [2.24, 2.45) is 0 Å². The maximum Gasteiger partial charge on any atom is 0.240 e. The zero-order valence-electron chi connectivity index (χ0n) is 18.3. The maximum atomic E-state index is 13.0. The molecule has 0 spiro atoms. The topological polar surface area (TPSA) is 52.6 Å². The normalized spacial score (nSPS) is 25.5. The number of rotatable bonds is 5. The number of aryl methyl sites for hydroxylation is 1. The zero-order chi connectivity index (χ0) is 22.0. The standard InChI is InChI=1S/C24H32ClN3O2S/c1-18-6-5-7-21(16-18)28-15-14-27(17-19(28)2)24-9-4-3-8-23(24)26-31(29,30)22-12-10-20(25)11-13-22/h5-7,10-13,16,19,23-24,26H,3-4,8-9,14-15,17H2,1-2H3/t19-,23-,24+/m0/s1. The van der Waals surface area contributed by atoms with Crippen molar-refractivity contribution >= 4 is 27.3 Å². The molecule has 168 valence electrons. The van der Waals surface area contributed by atoms with Crippen molar-refractivity contribution in [3.63, 3.8) is 0 Å². The lowest BCUT2D eigenvalue weighted by molar-refractivity contribution is 0.110. The molecule has 2 aromatic rings. The largest absolute Gasteiger partial charge is 0.366 e. The Morgan fingerprint density at radius 2 is 1.77 bits per heavy atom. The first-order chi connectivity index (χ1) is 14.8. The van der Waals surface area contributed by atoms with Crippen molar-refractivity contribution in [2.45, 2.75) is 62.6 Å². The molecule has 1 aliphatic heterocycles. The van der Waals surface area contributed by atoms with E-state index in [1.54, 1.807) is 24.3 Å². The van der Waals surface area contributed by atoms with E-state index in [2.05, 4.69) is 52.6 Å². The molecule has 2 fully saturated rings. The quantitative estimate of drug-likeness (QED) is 0.714. The number of benzene rings is 2. The number of hydrogen-bond acceptors (Lipinski definition) is 4. The number of halogens is 1. The lowest BCUT2D eigenvalue weighted by Gasteiger charge is -2.47. The summed E-state index contributed by atoms with van der Waals surface area (Å²) < 4.78 is 29.0. The second kappa shape index (κ2) is 9.49. The fourth-order valence-corrected chi connectivity index (χ4v) is 6.47. The van der Waals surface area contributed by atoms with Gasteiger partial charge in [0.05, 0.1) is 4.90 Å². The van der Waals surface area contributed by atoms with Gasteiger partial charge >= 0.3 is 0 Å². The lowest BCUT2D eigenvalue weighted by atomic mass is 9.89. The van der Waals surface area contributed by atoms with Gasteiger partial charge in [0, 0.05) is 48.5 Å². The fraction of sp³-hybridized carbons (Fsp3) is 0.500. The summed E-state index contributed by atoms with van der Waals surface area (Å²) in [6.07, 6.45) is 4.12. The number of sulfonamides is 1. The minimum atomic E-state index is -3.57. The number of nitrogens with one attached hydrogen (secondary N) is 1. The zero-order valence-corrected chi connectivity index (χ0v) is 19.9. The lowest BCUT2D eigenvalue weighted by Crippen LogP contribution is -2.60. The van der Waals surface area contributed by atoms with Gasteiger partial charge < -0.3 is 4.90 Å². The van der Waals surface area contributed by atoms with Crippen LogP contribution in [0.3, 0.4) is 0 Å². The van der Waals surface area contributed by atoms with Gasteiger partial charge in [0.2, 0.25) is 10.0 Å².